The van der Waals surface area contributed by atoms with E-state index in [4.69, 9.17) is 9.47 Å². The van der Waals surface area contributed by atoms with Crippen LogP contribution in [0.3, 0.4) is 0 Å². The molecule has 0 radical (unpaired) electrons. The number of carboxylic acid groups (broad SMARTS) is 1. The van der Waals surface area contributed by atoms with E-state index in [1.165, 1.54) is 12.1 Å². The first-order valence-corrected chi connectivity index (χ1v) is 5.86. The van der Waals surface area contributed by atoms with E-state index >= 15 is 0 Å². The number of nitro benzene ring substituents is 1. The molecule has 1 aromatic rings. The zero-order valence-corrected chi connectivity index (χ0v) is 9.92. The Morgan fingerprint density at radius 2 is 1.84 bits per heavy atom. The van der Waals surface area contributed by atoms with Crippen LogP contribution in [0.1, 0.15) is 18.4 Å². The van der Waals surface area contributed by atoms with Gasteiger partial charge in [0.25, 0.3) is 5.69 Å². The summed E-state index contributed by atoms with van der Waals surface area (Å²) in [4.78, 5) is 21.9. The minimum atomic E-state index is -1.14. The van der Waals surface area contributed by atoms with Crippen molar-refractivity contribution < 1.29 is 24.3 Å². The summed E-state index contributed by atoms with van der Waals surface area (Å²) < 4.78 is 10.6. The number of benzene rings is 1. The average molecular weight is 265 g/mol. The molecule has 1 saturated carbocycles. The van der Waals surface area contributed by atoms with E-state index in [1.54, 1.807) is 0 Å². The lowest BCUT2D eigenvalue weighted by molar-refractivity contribution is -0.385. The normalized spacial score (nSPS) is 18.7. The summed E-state index contributed by atoms with van der Waals surface area (Å²) in [5, 5.41) is 20.4. The van der Waals surface area contributed by atoms with Crippen LogP contribution in [0.4, 0.5) is 5.69 Å². The fourth-order valence-corrected chi connectivity index (χ4v) is 2.34. The molecular weight excluding hydrogens is 254 g/mol. The number of rotatable bonds is 3. The fourth-order valence-electron chi connectivity index (χ4n) is 2.34. The van der Waals surface area contributed by atoms with Gasteiger partial charge >= 0.3 is 5.97 Å². The van der Waals surface area contributed by atoms with Gasteiger partial charge < -0.3 is 14.6 Å². The number of aliphatic carboxylic acids is 1. The summed E-state index contributed by atoms with van der Waals surface area (Å²) in [5.74, 6) is -0.366. The molecule has 7 nitrogen and oxygen atoms in total. The maximum Gasteiger partial charge on any atom is 0.314 e. The van der Waals surface area contributed by atoms with E-state index in [2.05, 4.69) is 0 Å². The third-order valence-electron chi connectivity index (χ3n) is 3.53. The minimum Gasteiger partial charge on any atom is -0.486 e. The lowest BCUT2D eigenvalue weighted by Gasteiger charge is -2.20. The lowest BCUT2D eigenvalue weighted by Crippen LogP contribution is -2.22. The molecule has 0 bridgehead atoms. The Hall–Kier alpha value is -2.31. The van der Waals surface area contributed by atoms with E-state index < -0.39 is 16.3 Å². The van der Waals surface area contributed by atoms with Crippen LogP contribution < -0.4 is 9.47 Å². The average Bonchev–Trinajstić information content (AvgIpc) is 3.18. The van der Waals surface area contributed by atoms with Gasteiger partial charge in [-0.3, -0.25) is 14.9 Å². The molecule has 0 unspecified atom stereocenters. The van der Waals surface area contributed by atoms with Gasteiger partial charge in [0.2, 0.25) is 0 Å². The SMILES string of the molecule is O=C(O)C1(c2cc3c(cc2[N+](=O)[O-])OCCO3)CC1. The summed E-state index contributed by atoms with van der Waals surface area (Å²) in [5.41, 5.74) is -1.16. The van der Waals surface area contributed by atoms with Gasteiger partial charge in [0.15, 0.2) is 11.5 Å². The second kappa shape index (κ2) is 3.84. The fraction of sp³-hybridized carbons (Fsp3) is 0.417. The molecule has 0 spiro atoms. The van der Waals surface area contributed by atoms with Crippen molar-refractivity contribution in [2.45, 2.75) is 18.3 Å². The summed E-state index contributed by atoms with van der Waals surface area (Å²) in [6.45, 7) is 0.678. The standard InChI is InChI=1S/C12H11NO6/c14-11(15)12(1-2-12)7-5-9-10(19-4-3-18-9)6-8(7)13(16)17/h5-6H,1-4H2,(H,14,15). The second-order valence-electron chi connectivity index (χ2n) is 4.66. The molecule has 19 heavy (non-hydrogen) atoms. The number of ether oxygens (including phenoxy) is 2. The van der Waals surface area contributed by atoms with E-state index in [9.17, 15) is 20.0 Å². The zero-order valence-electron chi connectivity index (χ0n) is 9.92. The van der Waals surface area contributed by atoms with Gasteiger partial charge in [-0.25, -0.2) is 0 Å². The van der Waals surface area contributed by atoms with Crippen molar-refractivity contribution >= 4 is 11.7 Å². The predicted octanol–water partition coefficient (Wildman–Crippen LogP) is 1.48. The highest BCUT2D eigenvalue weighted by atomic mass is 16.6. The van der Waals surface area contributed by atoms with Crippen molar-refractivity contribution in [1.29, 1.82) is 0 Å². The van der Waals surface area contributed by atoms with Crippen molar-refractivity contribution in [2.75, 3.05) is 13.2 Å². The van der Waals surface area contributed by atoms with Crippen LogP contribution in [0.5, 0.6) is 11.5 Å². The Kier molecular flexibility index (Phi) is 2.38. The number of hydrogen-bond acceptors (Lipinski definition) is 5. The van der Waals surface area contributed by atoms with Crippen molar-refractivity contribution in [1.82, 2.24) is 0 Å². The number of hydrogen-bond donors (Lipinski definition) is 1. The third kappa shape index (κ3) is 1.69. The number of nitrogens with zero attached hydrogens (tertiary/aromatic N) is 1. The molecule has 0 amide bonds. The molecule has 1 aliphatic carbocycles. The van der Waals surface area contributed by atoms with Crippen LogP contribution in [-0.2, 0) is 10.2 Å². The van der Waals surface area contributed by atoms with Crippen LogP contribution in [0, 0.1) is 10.1 Å². The molecule has 2 aliphatic rings. The number of carbonyl (C=O) groups is 1. The molecule has 7 heteroatoms. The van der Waals surface area contributed by atoms with Crippen molar-refractivity contribution in [2.24, 2.45) is 0 Å². The van der Waals surface area contributed by atoms with E-state index in [1.807, 2.05) is 0 Å². The molecular formula is C12H11NO6. The molecule has 1 N–H and O–H groups in total. The van der Waals surface area contributed by atoms with Crippen molar-refractivity contribution in [3.05, 3.63) is 27.8 Å². The molecule has 0 aromatic heterocycles. The molecule has 1 aliphatic heterocycles. The highest BCUT2D eigenvalue weighted by Gasteiger charge is 2.55. The van der Waals surface area contributed by atoms with Crippen LogP contribution in [0.2, 0.25) is 0 Å². The maximum absolute atomic E-state index is 11.3. The van der Waals surface area contributed by atoms with Gasteiger partial charge in [-0.05, 0) is 18.9 Å². The first-order chi connectivity index (χ1) is 9.04. The topological polar surface area (TPSA) is 98.9 Å². The Bertz CT molecular complexity index is 578. The van der Waals surface area contributed by atoms with Crippen LogP contribution in [-0.4, -0.2) is 29.2 Å². The molecule has 0 atom stereocenters. The number of nitro groups is 1. The molecule has 3 rings (SSSR count). The number of fused-ring (bicyclic) bond motifs is 1. The molecule has 100 valence electrons. The van der Waals surface area contributed by atoms with Crippen LogP contribution in [0.25, 0.3) is 0 Å². The van der Waals surface area contributed by atoms with Gasteiger partial charge in [0.1, 0.15) is 13.2 Å². The summed E-state index contributed by atoms with van der Waals surface area (Å²) in [7, 11) is 0. The molecule has 1 heterocycles. The van der Waals surface area contributed by atoms with Crippen LogP contribution >= 0.6 is 0 Å². The molecule has 1 aromatic carbocycles. The van der Waals surface area contributed by atoms with Gasteiger partial charge in [-0.1, -0.05) is 0 Å². The molecule has 0 saturated heterocycles. The summed E-state index contributed by atoms with van der Waals surface area (Å²) in [6.07, 6.45) is 0.811. The van der Waals surface area contributed by atoms with E-state index in [0.29, 0.717) is 37.6 Å². The number of carboxylic acids is 1. The minimum absolute atomic E-state index is 0.203. The third-order valence-corrected chi connectivity index (χ3v) is 3.53. The second-order valence-corrected chi connectivity index (χ2v) is 4.66. The van der Waals surface area contributed by atoms with Gasteiger partial charge in [0.05, 0.1) is 22.0 Å². The highest BCUT2D eigenvalue weighted by Crippen LogP contribution is 2.53. The first kappa shape index (κ1) is 11.8. The van der Waals surface area contributed by atoms with Gasteiger partial charge in [0, 0.05) is 0 Å². The van der Waals surface area contributed by atoms with Gasteiger partial charge in [-0.15, -0.1) is 0 Å². The van der Waals surface area contributed by atoms with E-state index in [0.717, 1.165) is 0 Å². The maximum atomic E-state index is 11.3. The lowest BCUT2D eigenvalue weighted by atomic mass is 9.93. The van der Waals surface area contributed by atoms with Crippen molar-refractivity contribution in [3.63, 3.8) is 0 Å². The smallest absolute Gasteiger partial charge is 0.314 e. The summed E-state index contributed by atoms with van der Waals surface area (Å²) >= 11 is 0. The largest absolute Gasteiger partial charge is 0.486 e. The van der Waals surface area contributed by atoms with Crippen LogP contribution in [0.15, 0.2) is 12.1 Å². The Balaban J connectivity index is 2.17. The summed E-state index contributed by atoms with van der Waals surface area (Å²) in [6, 6.07) is 2.70. The predicted molar refractivity (Wildman–Crippen MR) is 62.6 cm³/mol. The van der Waals surface area contributed by atoms with Crippen molar-refractivity contribution in [3.8, 4) is 11.5 Å². The first-order valence-electron chi connectivity index (χ1n) is 5.86. The van der Waals surface area contributed by atoms with Gasteiger partial charge in [-0.2, -0.15) is 0 Å². The zero-order chi connectivity index (χ0) is 13.6. The Morgan fingerprint density at radius 3 is 2.32 bits per heavy atom. The monoisotopic (exact) mass is 265 g/mol. The quantitative estimate of drug-likeness (QED) is 0.656. The highest BCUT2D eigenvalue weighted by molar-refractivity contribution is 5.87. The van der Waals surface area contributed by atoms with E-state index in [-0.39, 0.29) is 11.3 Å². The Morgan fingerprint density at radius 1 is 1.26 bits per heavy atom. The molecule has 1 fully saturated rings. The Labute approximate surface area is 107 Å².